The first-order chi connectivity index (χ1) is 17.1. The van der Waals surface area contributed by atoms with Crippen LogP contribution in [0.3, 0.4) is 0 Å². The molecular formula is C26H26F3N3O3S. The number of hydrogen-bond donors (Lipinski definition) is 1. The second-order valence-corrected chi connectivity index (χ2v) is 10.5. The molecule has 4 rings (SSSR count). The summed E-state index contributed by atoms with van der Waals surface area (Å²) in [4.78, 5) is 14.9. The second-order valence-electron chi connectivity index (χ2n) is 8.57. The highest BCUT2D eigenvalue weighted by atomic mass is 32.2. The fourth-order valence-corrected chi connectivity index (χ4v) is 5.47. The van der Waals surface area contributed by atoms with E-state index < -0.39 is 21.8 Å². The lowest BCUT2D eigenvalue weighted by Gasteiger charge is -2.34. The number of rotatable bonds is 7. The highest BCUT2D eigenvalue weighted by Gasteiger charge is 2.30. The van der Waals surface area contributed by atoms with Gasteiger partial charge >= 0.3 is 6.18 Å². The summed E-state index contributed by atoms with van der Waals surface area (Å²) >= 11 is 0. The molecule has 10 heteroatoms. The fourth-order valence-electron chi connectivity index (χ4n) is 4.03. The van der Waals surface area contributed by atoms with Gasteiger partial charge < -0.3 is 5.32 Å². The van der Waals surface area contributed by atoms with Crippen molar-refractivity contribution in [3.63, 3.8) is 0 Å². The van der Waals surface area contributed by atoms with E-state index >= 15 is 0 Å². The summed E-state index contributed by atoms with van der Waals surface area (Å²) in [7, 11) is -3.50. The molecule has 3 aromatic carbocycles. The predicted molar refractivity (Wildman–Crippen MR) is 130 cm³/mol. The molecule has 0 spiro atoms. The zero-order chi connectivity index (χ0) is 25.8. The van der Waals surface area contributed by atoms with Gasteiger partial charge in [0.15, 0.2) is 0 Å². The Morgan fingerprint density at radius 2 is 1.50 bits per heavy atom. The first-order valence-corrected chi connectivity index (χ1v) is 12.9. The first kappa shape index (κ1) is 25.9. The zero-order valence-corrected chi connectivity index (χ0v) is 20.2. The maximum Gasteiger partial charge on any atom is 0.416 e. The van der Waals surface area contributed by atoms with Crippen LogP contribution in [-0.2, 0) is 29.3 Å². The van der Waals surface area contributed by atoms with Gasteiger partial charge in [0.05, 0.1) is 10.5 Å². The number of halogens is 3. The number of carbonyl (C=O) groups is 1. The normalized spacial score (nSPS) is 15.5. The summed E-state index contributed by atoms with van der Waals surface area (Å²) in [6.45, 7) is 2.57. The summed E-state index contributed by atoms with van der Waals surface area (Å²) in [5.41, 5.74) is 0.994. The van der Waals surface area contributed by atoms with E-state index in [4.69, 9.17) is 0 Å². The van der Waals surface area contributed by atoms with Gasteiger partial charge in [0.1, 0.15) is 0 Å². The molecule has 3 aromatic rings. The highest BCUT2D eigenvalue weighted by molar-refractivity contribution is 7.89. The van der Waals surface area contributed by atoms with Gasteiger partial charge in [-0.2, -0.15) is 17.5 Å². The van der Waals surface area contributed by atoms with Crippen LogP contribution in [-0.4, -0.2) is 49.7 Å². The molecule has 1 aliphatic rings. The van der Waals surface area contributed by atoms with E-state index in [2.05, 4.69) is 10.2 Å². The van der Waals surface area contributed by atoms with Crippen molar-refractivity contribution < 1.29 is 26.4 Å². The van der Waals surface area contributed by atoms with E-state index in [0.29, 0.717) is 48.7 Å². The third-order valence-corrected chi connectivity index (χ3v) is 7.95. The van der Waals surface area contributed by atoms with E-state index in [1.165, 1.54) is 16.4 Å². The molecule has 1 heterocycles. The molecule has 0 aromatic heterocycles. The molecule has 0 aliphatic carbocycles. The van der Waals surface area contributed by atoms with Crippen molar-refractivity contribution >= 4 is 15.9 Å². The molecule has 1 saturated heterocycles. The number of hydrogen-bond acceptors (Lipinski definition) is 4. The number of piperazine rings is 1. The largest absolute Gasteiger partial charge is 0.416 e. The van der Waals surface area contributed by atoms with Crippen LogP contribution in [0.15, 0.2) is 83.8 Å². The smallest absolute Gasteiger partial charge is 0.348 e. The third kappa shape index (κ3) is 6.31. The molecule has 36 heavy (non-hydrogen) atoms. The molecule has 1 fully saturated rings. The molecule has 0 saturated carbocycles. The number of alkyl halides is 3. The lowest BCUT2D eigenvalue weighted by atomic mass is 10.1. The number of sulfonamides is 1. The Bertz CT molecular complexity index is 1290. The summed E-state index contributed by atoms with van der Waals surface area (Å²) in [5, 5.41) is 2.65. The lowest BCUT2D eigenvalue weighted by Crippen LogP contribution is -2.48. The SMILES string of the molecule is O=C(NCc1cccc(C(F)(F)F)c1)c1ccc(CN2CCN(S(=O)(=O)c3ccccc3)CC2)cc1. The van der Waals surface area contributed by atoms with E-state index in [9.17, 15) is 26.4 Å². The minimum atomic E-state index is -4.43. The van der Waals surface area contributed by atoms with Gasteiger partial charge in [0.25, 0.3) is 5.91 Å². The Morgan fingerprint density at radius 1 is 0.833 bits per heavy atom. The van der Waals surface area contributed by atoms with E-state index in [1.807, 2.05) is 12.1 Å². The first-order valence-electron chi connectivity index (χ1n) is 11.4. The van der Waals surface area contributed by atoms with Crippen LogP contribution in [0.25, 0.3) is 0 Å². The van der Waals surface area contributed by atoms with Gasteiger partial charge in [-0.25, -0.2) is 8.42 Å². The van der Waals surface area contributed by atoms with Crippen LogP contribution in [0.5, 0.6) is 0 Å². The standard InChI is InChI=1S/C26H26F3N3O3S/c27-26(28,29)23-6-4-5-21(17-23)18-30-25(33)22-11-9-20(10-12-22)19-31-13-15-32(16-14-31)36(34,35)24-7-2-1-3-8-24/h1-12,17H,13-16,18-19H2,(H,30,33). The van der Waals surface area contributed by atoms with Crippen LogP contribution >= 0.6 is 0 Å². The average Bonchev–Trinajstić information content (AvgIpc) is 2.88. The zero-order valence-electron chi connectivity index (χ0n) is 19.4. The van der Waals surface area contributed by atoms with Crippen molar-refractivity contribution in [2.45, 2.75) is 24.2 Å². The van der Waals surface area contributed by atoms with Gasteiger partial charge in [0, 0.05) is 44.8 Å². The highest BCUT2D eigenvalue weighted by Crippen LogP contribution is 2.29. The summed E-state index contributed by atoms with van der Waals surface area (Å²) in [6.07, 6.45) is -4.43. The Labute approximate surface area is 208 Å². The number of carbonyl (C=O) groups excluding carboxylic acids is 1. The fraction of sp³-hybridized carbons (Fsp3) is 0.269. The maximum atomic E-state index is 12.9. The van der Waals surface area contributed by atoms with Crippen molar-refractivity contribution in [3.8, 4) is 0 Å². The van der Waals surface area contributed by atoms with Crippen LogP contribution < -0.4 is 5.32 Å². The van der Waals surface area contributed by atoms with Crippen molar-refractivity contribution in [2.75, 3.05) is 26.2 Å². The molecule has 0 unspecified atom stereocenters. The van der Waals surface area contributed by atoms with Crippen molar-refractivity contribution in [1.82, 2.24) is 14.5 Å². The molecule has 190 valence electrons. The number of nitrogens with zero attached hydrogens (tertiary/aromatic N) is 2. The van der Waals surface area contributed by atoms with Gasteiger partial charge in [-0.15, -0.1) is 0 Å². The second kappa shape index (κ2) is 10.8. The molecule has 6 nitrogen and oxygen atoms in total. The number of benzene rings is 3. The quantitative estimate of drug-likeness (QED) is 0.512. The molecule has 0 bridgehead atoms. The van der Waals surface area contributed by atoms with Gasteiger partial charge in [-0.1, -0.05) is 42.5 Å². The Hall–Kier alpha value is -3.21. The van der Waals surface area contributed by atoms with E-state index in [0.717, 1.165) is 17.7 Å². The molecular weight excluding hydrogens is 491 g/mol. The van der Waals surface area contributed by atoms with Crippen molar-refractivity contribution in [1.29, 1.82) is 0 Å². The third-order valence-electron chi connectivity index (χ3n) is 6.04. The Balaban J connectivity index is 1.28. The average molecular weight is 518 g/mol. The maximum absolute atomic E-state index is 12.9. The van der Waals surface area contributed by atoms with E-state index in [1.54, 1.807) is 42.5 Å². The van der Waals surface area contributed by atoms with Gasteiger partial charge in [-0.05, 0) is 47.5 Å². The summed E-state index contributed by atoms with van der Waals surface area (Å²) < 4.78 is 65.6. The van der Waals surface area contributed by atoms with Gasteiger partial charge in [-0.3, -0.25) is 9.69 Å². The van der Waals surface area contributed by atoms with Crippen LogP contribution in [0, 0.1) is 0 Å². The summed E-state index contributed by atoms with van der Waals surface area (Å²) in [5.74, 6) is -0.376. The monoisotopic (exact) mass is 517 g/mol. The predicted octanol–water partition coefficient (Wildman–Crippen LogP) is 4.14. The number of nitrogens with one attached hydrogen (secondary N) is 1. The summed E-state index contributed by atoms with van der Waals surface area (Å²) in [6, 6.07) is 20.2. The van der Waals surface area contributed by atoms with Gasteiger partial charge in [0.2, 0.25) is 10.0 Å². The minimum absolute atomic E-state index is 0.0132. The minimum Gasteiger partial charge on any atom is -0.348 e. The van der Waals surface area contributed by atoms with Crippen LogP contribution in [0.1, 0.15) is 27.0 Å². The van der Waals surface area contributed by atoms with Crippen LogP contribution in [0.4, 0.5) is 13.2 Å². The Morgan fingerprint density at radius 3 is 2.14 bits per heavy atom. The molecule has 1 aliphatic heterocycles. The number of amides is 1. The molecule has 1 N–H and O–H groups in total. The van der Waals surface area contributed by atoms with Crippen molar-refractivity contribution in [2.24, 2.45) is 0 Å². The Kier molecular flexibility index (Phi) is 7.77. The lowest BCUT2D eigenvalue weighted by molar-refractivity contribution is -0.137. The van der Waals surface area contributed by atoms with Crippen molar-refractivity contribution in [3.05, 3.63) is 101 Å². The molecule has 1 amide bonds. The topological polar surface area (TPSA) is 69.7 Å². The van der Waals surface area contributed by atoms with E-state index in [-0.39, 0.29) is 12.5 Å². The molecule has 0 atom stereocenters. The van der Waals surface area contributed by atoms with Crippen LogP contribution in [0.2, 0.25) is 0 Å². The molecule has 0 radical (unpaired) electrons.